The fourth-order valence-electron chi connectivity index (χ4n) is 3.73. The van der Waals surface area contributed by atoms with E-state index in [1.807, 2.05) is 24.3 Å². The fourth-order valence-corrected chi connectivity index (χ4v) is 3.73. The number of amides is 2. The molecule has 2 aromatic rings. The normalized spacial score (nSPS) is 14.8. The Morgan fingerprint density at radius 3 is 2.52 bits per heavy atom. The largest absolute Gasteiger partial charge is 0.497 e. The van der Waals surface area contributed by atoms with Gasteiger partial charge in [-0.15, -0.1) is 0 Å². The third kappa shape index (κ3) is 6.79. The van der Waals surface area contributed by atoms with Gasteiger partial charge in [0, 0.05) is 26.1 Å². The van der Waals surface area contributed by atoms with Gasteiger partial charge in [-0.1, -0.05) is 24.3 Å². The van der Waals surface area contributed by atoms with E-state index in [9.17, 15) is 14.0 Å². The summed E-state index contributed by atoms with van der Waals surface area (Å²) in [4.78, 5) is 28.9. The van der Waals surface area contributed by atoms with Gasteiger partial charge in [-0.3, -0.25) is 14.5 Å². The molecule has 1 aliphatic heterocycles. The molecule has 0 bridgehead atoms. The van der Waals surface area contributed by atoms with E-state index in [2.05, 4.69) is 10.2 Å². The quantitative estimate of drug-likeness (QED) is 0.704. The molecule has 6 nitrogen and oxygen atoms in total. The first-order chi connectivity index (χ1) is 14.9. The molecule has 0 spiro atoms. The molecule has 0 aromatic heterocycles. The SMILES string of the molecule is COc1cccc(CN(C)C(=O)CN2CCC(C(=O)NCc3ccc(F)cc3)CC2)c1. The van der Waals surface area contributed by atoms with Gasteiger partial charge in [0.1, 0.15) is 11.6 Å². The first-order valence-corrected chi connectivity index (χ1v) is 10.6. The van der Waals surface area contributed by atoms with Gasteiger partial charge in [-0.2, -0.15) is 0 Å². The van der Waals surface area contributed by atoms with Crippen molar-refractivity contribution in [2.45, 2.75) is 25.9 Å². The Hall–Kier alpha value is -2.93. The summed E-state index contributed by atoms with van der Waals surface area (Å²) in [7, 11) is 3.43. The number of halogens is 1. The molecule has 0 aliphatic carbocycles. The predicted molar refractivity (Wildman–Crippen MR) is 117 cm³/mol. The molecule has 0 saturated carbocycles. The first-order valence-electron chi connectivity index (χ1n) is 10.6. The van der Waals surface area contributed by atoms with E-state index in [4.69, 9.17) is 4.74 Å². The minimum atomic E-state index is -0.286. The minimum Gasteiger partial charge on any atom is -0.497 e. The van der Waals surface area contributed by atoms with Gasteiger partial charge in [-0.25, -0.2) is 4.39 Å². The Balaban J connectivity index is 1.40. The average molecular weight is 428 g/mol. The van der Waals surface area contributed by atoms with Crippen LogP contribution in [0, 0.1) is 11.7 Å². The van der Waals surface area contributed by atoms with Crippen molar-refractivity contribution < 1.29 is 18.7 Å². The molecule has 3 rings (SSSR count). The number of likely N-dealkylation sites (N-methyl/N-ethyl adjacent to an activating group) is 1. The van der Waals surface area contributed by atoms with Crippen LogP contribution < -0.4 is 10.1 Å². The fraction of sp³-hybridized carbons (Fsp3) is 0.417. The van der Waals surface area contributed by atoms with E-state index in [0.29, 0.717) is 32.7 Å². The highest BCUT2D eigenvalue weighted by Gasteiger charge is 2.26. The smallest absolute Gasteiger partial charge is 0.236 e. The number of ether oxygens (including phenoxy) is 1. The summed E-state index contributed by atoms with van der Waals surface area (Å²) >= 11 is 0. The molecule has 2 aromatic carbocycles. The molecule has 7 heteroatoms. The summed E-state index contributed by atoms with van der Waals surface area (Å²) in [6.07, 6.45) is 1.45. The number of hydrogen-bond donors (Lipinski definition) is 1. The number of benzene rings is 2. The zero-order valence-corrected chi connectivity index (χ0v) is 18.1. The lowest BCUT2D eigenvalue weighted by atomic mass is 9.96. The van der Waals surface area contributed by atoms with Crippen molar-refractivity contribution in [2.24, 2.45) is 5.92 Å². The van der Waals surface area contributed by atoms with Gasteiger partial charge in [0.05, 0.1) is 13.7 Å². The monoisotopic (exact) mass is 427 g/mol. The molecule has 1 N–H and O–H groups in total. The van der Waals surface area contributed by atoms with Crippen LogP contribution in [0.15, 0.2) is 48.5 Å². The zero-order chi connectivity index (χ0) is 22.2. The number of piperidine rings is 1. The average Bonchev–Trinajstić information content (AvgIpc) is 2.79. The molecule has 0 atom stereocenters. The number of rotatable bonds is 8. The Kier molecular flexibility index (Phi) is 8.00. The van der Waals surface area contributed by atoms with Crippen molar-refractivity contribution in [1.82, 2.24) is 15.1 Å². The summed E-state index contributed by atoms with van der Waals surface area (Å²) in [5.41, 5.74) is 1.89. The van der Waals surface area contributed by atoms with Crippen LogP contribution in [0.5, 0.6) is 5.75 Å². The third-order valence-corrected chi connectivity index (χ3v) is 5.68. The van der Waals surface area contributed by atoms with Crippen LogP contribution in [0.25, 0.3) is 0 Å². The van der Waals surface area contributed by atoms with Crippen molar-refractivity contribution in [3.8, 4) is 5.75 Å². The highest BCUT2D eigenvalue weighted by molar-refractivity contribution is 5.79. The van der Waals surface area contributed by atoms with E-state index in [0.717, 1.165) is 29.7 Å². The number of methoxy groups -OCH3 is 1. The topological polar surface area (TPSA) is 61.9 Å². The lowest BCUT2D eigenvalue weighted by molar-refractivity contribution is -0.132. The number of nitrogens with one attached hydrogen (secondary N) is 1. The van der Waals surface area contributed by atoms with Gasteiger partial charge < -0.3 is 15.0 Å². The lowest BCUT2D eigenvalue weighted by Gasteiger charge is -2.32. The Labute approximate surface area is 183 Å². The third-order valence-electron chi connectivity index (χ3n) is 5.68. The van der Waals surface area contributed by atoms with Gasteiger partial charge >= 0.3 is 0 Å². The Bertz CT molecular complexity index is 880. The second-order valence-electron chi connectivity index (χ2n) is 8.00. The molecule has 1 heterocycles. The summed E-state index contributed by atoms with van der Waals surface area (Å²) in [5, 5.41) is 2.93. The van der Waals surface area contributed by atoms with E-state index in [-0.39, 0.29) is 23.5 Å². The molecule has 1 fully saturated rings. The Morgan fingerprint density at radius 1 is 1.13 bits per heavy atom. The van der Waals surface area contributed by atoms with Crippen LogP contribution in [0.4, 0.5) is 4.39 Å². The van der Waals surface area contributed by atoms with E-state index in [1.54, 1.807) is 31.2 Å². The molecular weight excluding hydrogens is 397 g/mol. The summed E-state index contributed by atoms with van der Waals surface area (Å²) in [5.74, 6) is 0.512. The van der Waals surface area contributed by atoms with Gasteiger partial charge in [-0.05, 0) is 61.3 Å². The van der Waals surface area contributed by atoms with E-state index in [1.165, 1.54) is 12.1 Å². The van der Waals surface area contributed by atoms with Crippen molar-refractivity contribution in [3.63, 3.8) is 0 Å². The molecular formula is C24H30FN3O3. The van der Waals surface area contributed by atoms with Crippen LogP contribution in [0.1, 0.15) is 24.0 Å². The maximum atomic E-state index is 13.0. The van der Waals surface area contributed by atoms with Gasteiger partial charge in [0.2, 0.25) is 11.8 Å². The van der Waals surface area contributed by atoms with Crippen LogP contribution >= 0.6 is 0 Å². The zero-order valence-electron chi connectivity index (χ0n) is 18.1. The van der Waals surface area contributed by atoms with Crippen molar-refractivity contribution in [1.29, 1.82) is 0 Å². The molecule has 0 unspecified atom stereocenters. The lowest BCUT2D eigenvalue weighted by Crippen LogP contribution is -2.44. The second-order valence-corrected chi connectivity index (χ2v) is 8.00. The standard InChI is InChI=1S/C24H30FN3O3/c1-27(16-19-4-3-5-22(14-19)31-2)23(29)17-28-12-10-20(11-13-28)24(30)26-15-18-6-8-21(25)9-7-18/h3-9,14,20H,10-13,15-17H2,1-2H3,(H,26,30). The highest BCUT2D eigenvalue weighted by Crippen LogP contribution is 2.18. The molecule has 1 saturated heterocycles. The number of carbonyl (C=O) groups excluding carboxylic acids is 2. The summed E-state index contributed by atoms with van der Waals surface area (Å²) in [6.45, 7) is 2.70. The van der Waals surface area contributed by atoms with Gasteiger partial charge in [0.15, 0.2) is 0 Å². The minimum absolute atomic E-state index is 0.0189. The number of hydrogen-bond acceptors (Lipinski definition) is 4. The highest BCUT2D eigenvalue weighted by atomic mass is 19.1. The van der Waals surface area contributed by atoms with E-state index < -0.39 is 0 Å². The second kappa shape index (κ2) is 10.9. The van der Waals surface area contributed by atoms with Crippen molar-refractivity contribution in [2.75, 3.05) is 33.8 Å². The van der Waals surface area contributed by atoms with Crippen LogP contribution in [0.2, 0.25) is 0 Å². The molecule has 0 radical (unpaired) electrons. The molecule has 31 heavy (non-hydrogen) atoms. The number of nitrogens with zero attached hydrogens (tertiary/aromatic N) is 2. The molecule has 166 valence electrons. The van der Waals surface area contributed by atoms with Gasteiger partial charge in [0.25, 0.3) is 0 Å². The van der Waals surface area contributed by atoms with Crippen LogP contribution in [-0.4, -0.2) is 55.4 Å². The summed E-state index contributed by atoms with van der Waals surface area (Å²) < 4.78 is 18.2. The maximum Gasteiger partial charge on any atom is 0.236 e. The Morgan fingerprint density at radius 2 is 1.84 bits per heavy atom. The summed E-state index contributed by atoms with van der Waals surface area (Å²) in [6, 6.07) is 13.8. The van der Waals surface area contributed by atoms with E-state index >= 15 is 0 Å². The first kappa shape index (κ1) is 22.7. The maximum absolute atomic E-state index is 13.0. The number of carbonyl (C=O) groups is 2. The number of likely N-dealkylation sites (tertiary alicyclic amines) is 1. The van der Waals surface area contributed by atoms with Crippen LogP contribution in [0.3, 0.4) is 0 Å². The molecule has 2 amide bonds. The van der Waals surface area contributed by atoms with Crippen molar-refractivity contribution >= 4 is 11.8 Å². The van der Waals surface area contributed by atoms with Crippen LogP contribution in [-0.2, 0) is 22.7 Å². The van der Waals surface area contributed by atoms with Crippen molar-refractivity contribution in [3.05, 3.63) is 65.5 Å². The predicted octanol–water partition coefficient (Wildman–Crippen LogP) is 2.82. The molecule has 1 aliphatic rings.